The molecule has 0 saturated heterocycles. The summed E-state index contributed by atoms with van der Waals surface area (Å²) >= 11 is 0. The maximum Gasteiger partial charge on any atom is 0.215 e. The third kappa shape index (κ3) is 2.04. The minimum atomic E-state index is 0.583. The van der Waals surface area contributed by atoms with Crippen LogP contribution in [-0.2, 0) is 6.42 Å². The van der Waals surface area contributed by atoms with E-state index in [9.17, 15) is 0 Å². The summed E-state index contributed by atoms with van der Waals surface area (Å²) < 4.78 is 7.07. The molecule has 0 atom stereocenters. The van der Waals surface area contributed by atoms with Gasteiger partial charge in [-0.3, -0.25) is 0 Å². The van der Waals surface area contributed by atoms with Crippen molar-refractivity contribution in [2.24, 2.45) is 5.73 Å². The van der Waals surface area contributed by atoms with Crippen molar-refractivity contribution in [2.45, 2.75) is 6.42 Å². The molecule has 2 aromatic heterocycles. The molecule has 0 aliphatic rings. The van der Waals surface area contributed by atoms with Gasteiger partial charge in [-0.05, 0) is 12.6 Å². The first-order valence-corrected chi connectivity index (χ1v) is 5.08. The Kier molecular flexibility index (Phi) is 3.16. The van der Waals surface area contributed by atoms with Crippen LogP contribution in [0.3, 0.4) is 0 Å². The zero-order valence-corrected chi connectivity index (χ0v) is 9.13. The van der Waals surface area contributed by atoms with Crippen LogP contribution in [0.4, 0.5) is 0 Å². The first kappa shape index (κ1) is 10.6. The van der Waals surface area contributed by atoms with Crippen LogP contribution < -0.4 is 10.5 Å². The molecule has 0 bridgehead atoms. The minimum Gasteiger partial charge on any atom is -0.481 e. The molecule has 0 unspecified atom stereocenters. The Bertz CT molecular complexity index is 467. The van der Waals surface area contributed by atoms with Crippen molar-refractivity contribution in [2.75, 3.05) is 13.7 Å². The molecule has 84 valence electrons. The van der Waals surface area contributed by atoms with Gasteiger partial charge in [0.15, 0.2) is 0 Å². The van der Waals surface area contributed by atoms with Gasteiger partial charge in [-0.2, -0.15) is 0 Å². The smallest absolute Gasteiger partial charge is 0.215 e. The van der Waals surface area contributed by atoms with Crippen molar-refractivity contribution in [3.05, 3.63) is 36.5 Å². The van der Waals surface area contributed by atoms with Crippen molar-refractivity contribution < 1.29 is 4.74 Å². The summed E-state index contributed by atoms with van der Waals surface area (Å²) in [6, 6.07) is 3.77. The van der Waals surface area contributed by atoms with E-state index < -0.39 is 0 Å². The molecule has 2 rings (SSSR count). The average Bonchev–Trinajstić information content (AvgIpc) is 2.78. The van der Waals surface area contributed by atoms with Crippen molar-refractivity contribution >= 4 is 0 Å². The molecular weight excluding hydrogens is 204 g/mol. The largest absolute Gasteiger partial charge is 0.481 e. The Balaban J connectivity index is 2.37. The lowest BCUT2D eigenvalue weighted by atomic mass is 10.3. The van der Waals surface area contributed by atoms with Crippen LogP contribution in [0.5, 0.6) is 5.88 Å². The number of rotatable bonds is 4. The summed E-state index contributed by atoms with van der Waals surface area (Å²) in [6.07, 6.45) is 6.12. The van der Waals surface area contributed by atoms with E-state index in [4.69, 9.17) is 10.5 Å². The van der Waals surface area contributed by atoms with Crippen LogP contribution in [-0.4, -0.2) is 28.2 Å². The van der Waals surface area contributed by atoms with Crippen LogP contribution in [0.1, 0.15) is 5.82 Å². The number of pyridine rings is 1. The van der Waals surface area contributed by atoms with Gasteiger partial charge in [0, 0.05) is 31.1 Å². The maximum atomic E-state index is 5.53. The van der Waals surface area contributed by atoms with Gasteiger partial charge in [0.25, 0.3) is 0 Å². The van der Waals surface area contributed by atoms with Crippen LogP contribution in [0.25, 0.3) is 5.69 Å². The Morgan fingerprint density at radius 1 is 1.38 bits per heavy atom. The molecule has 0 spiro atoms. The van der Waals surface area contributed by atoms with Gasteiger partial charge in [-0.15, -0.1) is 0 Å². The zero-order valence-electron chi connectivity index (χ0n) is 9.13. The van der Waals surface area contributed by atoms with Crippen LogP contribution >= 0.6 is 0 Å². The standard InChI is InChI=1S/C11H14N4O/c1-16-11-8-9(3-5-14-11)15-7-6-13-10(15)2-4-12/h3,5-8H,2,4,12H2,1H3. The number of aromatic nitrogens is 3. The second kappa shape index (κ2) is 4.76. The van der Waals surface area contributed by atoms with E-state index in [-0.39, 0.29) is 0 Å². The molecule has 0 saturated carbocycles. The number of nitrogens with zero attached hydrogens (tertiary/aromatic N) is 3. The highest BCUT2D eigenvalue weighted by Crippen LogP contribution is 2.15. The first-order valence-electron chi connectivity index (χ1n) is 5.08. The maximum absolute atomic E-state index is 5.53. The fourth-order valence-electron chi connectivity index (χ4n) is 1.54. The normalized spacial score (nSPS) is 10.4. The quantitative estimate of drug-likeness (QED) is 0.823. The van der Waals surface area contributed by atoms with E-state index in [1.54, 1.807) is 19.5 Å². The number of hydrogen-bond donors (Lipinski definition) is 1. The lowest BCUT2D eigenvalue weighted by molar-refractivity contribution is 0.397. The van der Waals surface area contributed by atoms with Gasteiger partial charge in [-0.1, -0.05) is 0 Å². The Morgan fingerprint density at radius 3 is 3.00 bits per heavy atom. The lowest BCUT2D eigenvalue weighted by Gasteiger charge is -2.07. The van der Waals surface area contributed by atoms with Gasteiger partial charge in [-0.25, -0.2) is 9.97 Å². The van der Waals surface area contributed by atoms with E-state index in [0.717, 1.165) is 17.9 Å². The predicted octanol–water partition coefficient (Wildman–Crippen LogP) is 0.777. The summed E-state index contributed by atoms with van der Waals surface area (Å²) in [5.74, 6) is 1.53. The van der Waals surface area contributed by atoms with Crippen LogP contribution in [0, 0.1) is 0 Å². The van der Waals surface area contributed by atoms with Gasteiger partial charge in [0.05, 0.1) is 12.8 Å². The second-order valence-corrected chi connectivity index (χ2v) is 3.31. The second-order valence-electron chi connectivity index (χ2n) is 3.31. The van der Waals surface area contributed by atoms with E-state index in [1.165, 1.54) is 0 Å². The van der Waals surface area contributed by atoms with Crippen molar-refractivity contribution in [3.8, 4) is 11.6 Å². The summed E-state index contributed by atoms with van der Waals surface area (Å²) in [5.41, 5.74) is 6.51. The Morgan fingerprint density at radius 2 is 2.25 bits per heavy atom. The lowest BCUT2D eigenvalue weighted by Crippen LogP contribution is -2.08. The summed E-state index contributed by atoms with van der Waals surface area (Å²) in [5, 5.41) is 0. The van der Waals surface area contributed by atoms with Gasteiger partial charge < -0.3 is 15.0 Å². The molecule has 16 heavy (non-hydrogen) atoms. The molecule has 0 amide bonds. The molecule has 0 aliphatic carbocycles. The first-order chi connectivity index (χ1) is 7.85. The third-order valence-corrected chi connectivity index (χ3v) is 2.29. The van der Waals surface area contributed by atoms with E-state index >= 15 is 0 Å². The molecule has 0 aromatic carbocycles. The van der Waals surface area contributed by atoms with Crippen molar-refractivity contribution in [3.63, 3.8) is 0 Å². The molecular formula is C11H14N4O. The SMILES string of the molecule is COc1cc(-n2ccnc2CCN)ccn1. The fraction of sp³-hybridized carbons (Fsp3) is 0.273. The zero-order chi connectivity index (χ0) is 11.4. The minimum absolute atomic E-state index is 0.583. The Labute approximate surface area is 93.9 Å². The van der Waals surface area contributed by atoms with Crippen molar-refractivity contribution in [1.29, 1.82) is 0 Å². The van der Waals surface area contributed by atoms with Crippen LogP contribution in [0.15, 0.2) is 30.7 Å². The Hall–Kier alpha value is -1.88. The van der Waals surface area contributed by atoms with E-state index in [2.05, 4.69) is 9.97 Å². The topological polar surface area (TPSA) is 66.0 Å². The molecule has 5 heteroatoms. The molecule has 0 radical (unpaired) electrons. The third-order valence-electron chi connectivity index (χ3n) is 2.29. The molecule has 0 aliphatic heterocycles. The fourth-order valence-corrected chi connectivity index (χ4v) is 1.54. The average molecular weight is 218 g/mol. The summed E-state index contributed by atoms with van der Waals surface area (Å²) in [6.45, 7) is 0.583. The van der Waals surface area contributed by atoms with Crippen LogP contribution in [0.2, 0.25) is 0 Å². The predicted molar refractivity (Wildman–Crippen MR) is 60.7 cm³/mol. The number of imidazole rings is 1. The molecule has 2 N–H and O–H groups in total. The molecule has 5 nitrogen and oxygen atoms in total. The number of hydrogen-bond acceptors (Lipinski definition) is 4. The highest BCUT2D eigenvalue weighted by Gasteiger charge is 2.05. The van der Waals surface area contributed by atoms with Gasteiger partial charge in [0.2, 0.25) is 5.88 Å². The van der Waals surface area contributed by atoms with E-state index in [1.807, 2.05) is 22.9 Å². The monoisotopic (exact) mass is 218 g/mol. The number of nitrogens with two attached hydrogens (primary N) is 1. The highest BCUT2D eigenvalue weighted by molar-refractivity contribution is 5.35. The van der Waals surface area contributed by atoms with Crippen molar-refractivity contribution in [1.82, 2.24) is 14.5 Å². The molecule has 2 aromatic rings. The highest BCUT2D eigenvalue weighted by atomic mass is 16.5. The number of ether oxygens (including phenoxy) is 1. The van der Waals surface area contributed by atoms with Gasteiger partial charge in [0.1, 0.15) is 5.82 Å². The summed E-state index contributed by atoms with van der Waals surface area (Å²) in [4.78, 5) is 8.32. The van der Waals surface area contributed by atoms with E-state index in [0.29, 0.717) is 12.4 Å². The molecule has 2 heterocycles. The summed E-state index contributed by atoms with van der Waals surface area (Å²) in [7, 11) is 1.60. The molecule has 0 fully saturated rings. The van der Waals surface area contributed by atoms with Gasteiger partial charge >= 0.3 is 0 Å². The number of methoxy groups -OCH3 is 1.